The van der Waals surface area contributed by atoms with Gasteiger partial charge in [0.2, 0.25) is 11.7 Å². The summed E-state index contributed by atoms with van der Waals surface area (Å²) in [5, 5.41) is 14.2. The van der Waals surface area contributed by atoms with Crippen LogP contribution >= 0.6 is 0 Å². The number of carbonyl (C=O) groups is 2. The van der Waals surface area contributed by atoms with Crippen molar-refractivity contribution in [1.82, 2.24) is 20.2 Å². The van der Waals surface area contributed by atoms with E-state index in [-0.39, 0.29) is 17.9 Å². The first kappa shape index (κ1) is 17.2. The molecule has 1 N–H and O–H groups in total. The Kier molecular flexibility index (Phi) is 4.97. The molecule has 0 unspecified atom stereocenters. The Bertz CT molecular complexity index is 940. The number of amides is 1. The summed E-state index contributed by atoms with van der Waals surface area (Å²) in [5.41, 5.74) is 1.08. The predicted molar refractivity (Wildman–Crippen MR) is 89.6 cm³/mol. The highest BCUT2D eigenvalue weighted by atomic mass is 19.1. The van der Waals surface area contributed by atoms with Gasteiger partial charge in [0.05, 0.1) is 18.2 Å². The maximum atomic E-state index is 13.7. The van der Waals surface area contributed by atoms with Gasteiger partial charge in [-0.3, -0.25) is 4.79 Å². The minimum Gasteiger partial charge on any atom is -0.465 e. The lowest BCUT2D eigenvalue weighted by molar-refractivity contribution is -0.117. The second-order valence-electron chi connectivity index (χ2n) is 5.24. The molecule has 0 aliphatic heterocycles. The van der Waals surface area contributed by atoms with Crippen molar-refractivity contribution in [3.63, 3.8) is 0 Å². The quantitative estimate of drug-likeness (QED) is 0.702. The number of nitrogens with one attached hydrogen (secondary N) is 1. The van der Waals surface area contributed by atoms with Crippen molar-refractivity contribution in [1.29, 1.82) is 0 Å². The van der Waals surface area contributed by atoms with E-state index in [2.05, 4.69) is 25.5 Å². The molecule has 0 radical (unpaired) electrons. The van der Waals surface area contributed by atoms with E-state index in [1.165, 1.54) is 31.4 Å². The van der Waals surface area contributed by atoms with Gasteiger partial charge in [-0.2, -0.15) is 4.80 Å². The Morgan fingerprint density at radius 2 is 1.88 bits per heavy atom. The molecule has 0 saturated carbocycles. The standard InChI is InChI=1S/C17H14FN5O3/c1-26-17(25)11-6-8-12(9-7-11)19-15(24)10-23-21-16(20-22-23)13-4-2-3-5-14(13)18/h2-9H,10H2,1H3,(H,19,24). The van der Waals surface area contributed by atoms with E-state index < -0.39 is 17.7 Å². The fraction of sp³-hybridized carbons (Fsp3) is 0.118. The number of carbonyl (C=O) groups excluding carboxylic acids is 2. The lowest BCUT2D eigenvalue weighted by Gasteiger charge is -2.05. The van der Waals surface area contributed by atoms with E-state index in [4.69, 9.17) is 0 Å². The molecule has 1 aromatic heterocycles. The average Bonchev–Trinajstić information content (AvgIpc) is 3.10. The number of aromatic nitrogens is 4. The van der Waals surface area contributed by atoms with Crippen LogP contribution in [0.25, 0.3) is 11.4 Å². The van der Waals surface area contributed by atoms with Crippen molar-refractivity contribution in [3.8, 4) is 11.4 Å². The maximum absolute atomic E-state index is 13.7. The van der Waals surface area contributed by atoms with Gasteiger partial charge in [0.25, 0.3) is 0 Å². The van der Waals surface area contributed by atoms with Gasteiger partial charge in [0, 0.05) is 5.69 Å². The van der Waals surface area contributed by atoms with Crippen LogP contribution in [0.2, 0.25) is 0 Å². The SMILES string of the molecule is COC(=O)c1ccc(NC(=O)Cn2nnc(-c3ccccc3F)n2)cc1. The van der Waals surface area contributed by atoms with Gasteiger partial charge in [-0.1, -0.05) is 12.1 Å². The molecule has 9 heteroatoms. The van der Waals surface area contributed by atoms with Crippen molar-refractivity contribution in [3.05, 3.63) is 59.9 Å². The first-order valence-electron chi connectivity index (χ1n) is 7.58. The zero-order valence-electron chi connectivity index (χ0n) is 13.7. The number of esters is 1. The molecule has 0 saturated heterocycles. The van der Waals surface area contributed by atoms with Crippen molar-refractivity contribution < 1.29 is 18.7 Å². The Morgan fingerprint density at radius 3 is 2.58 bits per heavy atom. The van der Waals surface area contributed by atoms with Crippen molar-refractivity contribution >= 4 is 17.6 Å². The molecular weight excluding hydrogens is 341 g/mol. The summed E-state index contributed by atoms with van der Waals surface area (Å²) < 4.78 is 18.3. The number of hydrogen-bond acceptors (Lipinski definition) is 6. The van der Waals surface area contributed by atoms with E-state index in [1.54, 1.807) is 24.3 Å². The zero-order chi connectivity index (χ0) is 18.5. The number of benzene rings is 2. The highest BCUT2D eigenvalue weighted by Crippen LogP contribution is 2.17. The Hall–Kier alpha value is -3.62. The summed E-state index contributed by atoms with van der Waals surface area (Å²) in [7, 11) is 1.29. The molecule has 0 spiro atoms. The Balaban J connectivity index is 1.64. The highest BCUT2D eigenvalue weighted by Gasteiger charge is 2.13. The van der Waals surface area contributed by atoms with Crippen molar-refractivity contribution in [2.24, 2.45) is 0 Å². The first-order valence-corrected chi connectivity index (χ1v) is 7.58. The largest absolute Gasteiger partial charge is 0.465 e. The topological polar surface area (TPSA) is 99.0 Å². The molecule has 0 fully saturated rings. The summed E-state index contributed by atoms with van der Waals surface area (Å²) in [6.07, 6.45) is 0. The lowest BCUT2D eigenvalue weighted by Crippen LogP contribution is -2.20. The van der Waals surface area contributed by atoms with Crippen LogP contribution in [0.4, 0.5) is 10.1 Å². The minimum absolute atomic E-state index is 0.0957. The van der Waals surface area contributed by atoms with Gasteiger partial charge in [0.1, 0.15) is 12.4 Å². The average molecular weight is 355 g/mol. The number of halogens is 1. The van der Waals surface area contributed by atoms with Gasteiger partial charge in [-0.15, -0.1) is 10.2 Å². The summed E-state index contributed by atoms with van der Waals surface area (Å²) in [5.74, 6) is -1.23. The molecule has 0 bridgehead atoms. The summed E-state index contributed by atoms with van der Waals surface area (Å²) in [6.45, 7) is -0.194. The fourth-order valence-corrected chi connectivity index (χ4v) is 2.20. The third kappa shape index (κ3) is 3.89. The van der Waals surface area contributed by atoms with E-state index in [0.29, 0.717) is 11.3 Å². The Morgan fingerprint density at radius 1 is 1.15 bits per heavy atom. The number of tetrazole rings is 1. The van der Waals surface area contributed by atoms with Crippen LogP contribution in [0.5, 0.6) is 0 Å². The molecule has 0 aliphatic rings. The van der Waals surface area contributed by atoms with Crippen LogP contribution < -0.4 is 5.32 Å². The van der Waals surface area contributed by atoms with E-state index in [1.807, 2.05) is 0 Å². The Labute approximate surface area is 147 Å². The lowest BCUT2D eigenvalue weighted by atomic mass is 10.2. The maximum Gasteiger partial charge on any atom is 0.337 e. The number of anilines is 1. The van der Waals surface area contributed by atoms with Gasteiger partial charge in [-0.05, 0) is 41.6 Å². The van der Waals surface area contributed by atoms with Gasteiger partial charge >= 0.3 is 5.97 Å². The van der Waals surface area contributed by atoms with E-state index in [0.717, 1.165) is 4.80 Å². The molecule has 0 aliphatic carbocycles. The zero-order valence-corrected chi connectivity index (χ0v) is 13.7. The van der Waals surface area contributed by atoms with Gasteiger partial charge in [0.15, 0.2) is 0 Å². The molecular formula is C17H14FN5O3. The molecule has 1 heterocycles. The molecule has 26 heavy (non-hydrogen) atoms. The van der Waals surface area contributed by atoms with Crippen LogP contribution in [0.3, 0.4) is 0 Å². The third-order valence-electron chi connectivity index (χ3n) is 3.44. The van der Waals surface area contributed by atoms with Crippen LogP contribution in [0.15, 0.2) is 48.5 Å². The molecule has 3 aromatic rings. The van der Waals surface area contributed by atoms with Gasteiger partial charge in [-0.25, -0.2) is 9.18 Å². The second-order valence-corrected chi connectivity index (χ2v) is 5.24. The molecule has 3 rings (SSSR count). The number of ether oxygens (including phenoxy) is 1. The summed E-state index contributed by atoms with van der Waals surface area (Å²) >= 11 is 0. The summed E-state index contributed by atoms with van der Waals surface area (Å²) in [4.78, 5) is 24.5. The number of methoxy groups -OCH3 is 1. The smallest absolute Gasteiger partial charge is 0.337 e. The molecule has 1 amide bonds. The second kappa shape index (κ2) is 7.51. The van der Waals surface area contributed by atoms with Crippen molar-refractivity contribution in [2.45, 2.75) is 6.54 Å². The van der Waals surface area contributed by atoms with E-state index in [9.17, 15) is 14.0 Å². The monoisotopic (exact) mass is 355 g/mol. The minimum atomic E-state index is -0.470. The highest BCUT2D eigenvalue weighted by molar-refractivity contribution is 5.92. The fourth-order valence-electron chi connectivity index (χ4n) is 2.20. The number of nitrogens with zero attached hydrogens (tertiary/aromatic N) is 4. The first-order chi connectivity index (χ1) is 12.6. The normalized spacial score (nSPS) is 10.4. The summed E-state index contributed by atoms with van der Waals surface area (Å²) in [6, 6.07) is 12.2. The van der Waals surface area contributed by atoms with Gasteiger partial charge < -0.3 is 10.1 Å². The van der Waals surface area contributed by atoms with Crippen LogP contribution in [-0.4, -0.2) is 39.2 Å². The molecule has 2 aromatic carbocycles. The van der Waals surface area contributed by atoms with Crippen LogP contribution in [0, 0.1) is 5.82 Å². The van der Waals surface area contributed by atoms with Crippen molar-refractivity contribution in [2.75, 3.05) is 12.4 Å². The number of rotatable bonds is 5. The van der Waals surface area contributed by atoms with E-state index >= 15 is 0 Å². The third-order valence-corrected chi connectivity index (χ3v) is 3.44. The predicted octanol–water partition coefficient (Wildman–Crippen LogP) is 1.90. The molecule has 132 valence electrons. The number of hydrogen-bond donors (Lipinski definition) is 1. The van der Waals surface area contributed by atoms with Crippen LogP contribution in [0.1, 0.15) is 10.4 Å². The van der Waals surface area contributed by atoms with Crippen LogP contribution in [-0.2, 0) is 16.1 Å². The molecule has 0 atom stereocenters. The molecule has 8 nitrogen and oxygen atoms in total.